The van der Waals surface area contributed by atoms with E-state index in [0.29, 0.717) is 0 Å². The molecular formula is C12H12N2. The van der Waals surface area contributed by atoms with Gasteiger partial charge in [-0.25, -0.2) is 0 Å². The van der Waals surface area contributed by atoms with Crippen LogP contribution in [0.25, 0.3) is 10.9 Å². The van der Waals surface area contributed by atoms with E-state index in [1.54, 1.807) is 0 Å². The Kier molecular flexibility index (Phi) is 2.01. The first-order chi connectivity index (χ1) is 6.76. The lowest BCUT2D eigenvalue weighted by atomic mass is 10.1. The number of fused-ring (bicyclic) bond motifs is 1. The Morgan fingerprint density at radius 2 is 2.21 bits per heavy atom. The maximum absolute atomic E-state index is 8.81. The molecule has 2 nitrogen and oxygen atoms in total. The molecule has 0 bridgehead atoms. The number of aromatic nitrogens is 1. The number of benzene rings is 1. The second-order valence-corrected chi connectivity index (χ2v) is 3.46. The van der Waals surface area contributed by atoms with Crippen molar-refractivity contribution in [1.82, 2.24) is 4.57 Å². The molecule has 0 spiro atoms. The van der Waals surface area contributed by atoms with Crippen molar-refractivity contribution >= 4 is 10.9 Å². The van der Waals surface area contributed by atoms with Crippen LogP contribution in [0, 0.1) is 11.3 Å². The molecule has 0 aliphatic rings. The highest BCUT2D eigenvalue weighted by Gasteiger charge is 2.05. The van der Waals surface area contributed by atoms with Gasteiger partial charge in [-0.05, 0) is 30.2 Å². The van der Waals surface area contributed by atoms with Crippen LogP contribution in [0.1, 0.15) is 18.1 Å². The second-order valence-electron chi connectivity index (χ2n) is 3.46. The van der Waals surface area contributed by atoms with E-state index >= 15 is 0 Å². The summed E-state index contributed by atoms with van der Waals surface area (Å²) in [5.41, 5.74) is 3.24. The maximum Gasteiger partial charge on any atom is 0.0991 e. The van der Waals surface area contributed by atoms with Gasteiger partial charge in [0.15, 0.2) is 0 Å². The Hall–Kier alpha value is -1.75. The smallest absolute Gasteiger partial charge is 0.0991 e. The first kappa shape index (κ1) is 8.83. The normalized spacial score (nSPS) is 10.4. The Labute approximate surface area is 83.4 Å². The lowest BCUT2D eigenvalue weighted by Crippen LogP contribution is -1.83. The quantitative estimate of drug-likeness (QED) is 0.669. The fourth-order valence-electron chi connectivity index (χ4n) is 1.82. The molecule has 0 atom stereocenters. The Bertz CT molecular complexity index is 515. The molecule has 0 saturated carbocycles. The largest absolute Gasteiger partial charge is 0.350 e. The fraction of sp³-hybridized carbons (Fsp3) is 0.250. The molecule has 0 N–H and O–H groups in total. The van der Waals surface area contributed by atoms with Gasteiger partial charge in [0, 0.05) is 24.1 Å². The van der Waals surface area contributed by atoms with Crippen LogP contribution in [0.5, 0.6) is 0 Å². The third-order valence-corrected chi connectivity index (χ3v) is 2.58. The molecule has 0 aliphatic heterocycles. The molecule has 0 aliphatic carbocycles. The summed E-state index contributed by atoms with van der Waals surface area (Å²) in [5, 5.41) is 10.0. The Morgan fingerprint density at radius 3 is 2.86 bits per heavy atom. The molecule has 14 heavy (non-hydrogen) atoms. The topological polar surface area (TPSA) is 28.7 Å². The van der Waals surface area contributed by atoms with E-state index in [9.17, 15) is 0 Å². The molecule has 2 heteroatoms. The fourth-order valence-corrected chi connectivity index (χ4v) is 1.82. The predicted octanol–water partition coefficient (Wildman–Crippen LogP) is 2.61. The van der Waals surface area contributed by atoms with Gasteiger partial charge in [0.2, 0.25) is 0 Å². The number of hydrogen-bond acceptors (Lipinski definition) is 1. The van der Waals surface area contributed by atoms with Gasteiger partial charge in [0.05, 0.1) is 11.6 Å². The van der Waals surface area contributed by atoms with Crippen molar-refractivity contribution in [3.05, 3.63) is 35.5 Å². The number of rotatable bonds is 1. The molecule has 1 heterocycles. The molecule has 2 aromatic rings. The third-order valence-electron chi connectivity index (χ3n) is 2.58. The highest BCUT2D eigenvalue weighted by atomic mass is 14.9. The minimum atomic E-state index is 0.735. The molecule has 0 unspecified atom stereocenters. The highest BCUT2D eigenvalue weighted by molar-refractivity contribution is 5.85. The van der Waals surface area contributed by atoms with E-state index in [4.69, 9.17) is 5.26 Å². The van der Waals surface area contributed by atoms with Gasteiger partial charge >= 0.3 is 0 Å². The van der Waals surface area contributed by atoms with Gasteiger partial charge in [-0.3, -0.25) is 0 Å². The summed E-state index contributed by atoms with van der Waals surface area (Å²) >= 11 is 0. The third kappa shape index (κ3) is 1.18. The molecule has 1 aromatic carbocycles. The molecule has 0 fully saturated rings. The summed E-state index contributed by atoms with van der Waals surface area (Å²) in [5.74, 6) is 0. The Morgan fingerprint density at radius 1 is 1.43 bits per heavy atom. The van der Waals surface area contributed by atoms with E-state index in [0.717, 1.165) is 12.0 Å². The maximum atomic E-state index is 8.81. The first-order valence-electron chi connectivity index (χ1n) is 4.74. The minimum absolute atomic E-state index is 0.735. The standard InChI is InChI=1S/C12H12N2/c1-3-10-8-14(2)12-5-4-9(7-13)6-11(10)12/h4-6,8H,3H2,1-2H3. The molecule has 70 valence electrons. The van der Waals surface area contributed by atoms with Crippen LogP contribution in [0.2, 0.25) is 0 Å². The van der Waals surface area contributed by atoms with E-state index < -0.39 is 0 Å². The molecule has 0 amide bonds. The monoisotopic (exact) mass is 184 g/mol. The van der Waals surface area contributed by atoms with Crippen molar-refractivity contribution in [2.75, 3.05) is 0 Å². The van der Waals surface area contributed by atoms with Gasteiger partial charge in [0.25, 0.3) is 0 Å². The van der Waals surface area contributed by atoms with E-state index in [1.165, 1.54) is 16.5 Å². The molecular weight excluding hydrogens is 172 g/mol. The van der Waals surface area contributed by atoms with Crippen molar-refractivity contribution in [3.63, 3.8) is 0 Å². The van der Waals surface area contributed by atoms with Crippen LogP contribution in [0.15, 0.2) is 24.4 Å². The SMILES string of the molecule is CCc1cn(C)c2ccc(C#N)cc12. The molecule has 0 radical (unpaired) electrons. The predicted molar refractivity (Wildman–Crippen MR) is 57.0 cm³/mol. The highest BCUT2D eigenvalue weighted by Crippen LogP contribution is 2.22. The zero-order valence-electron chi connectivity index (χ0n) is 8.41. The van der Waals surface area contributed by atoms with Crippen LogP contribution < -0.4 is 0 Å². The minimum Gasteiger partial charge on any atom is -0.350 e. The van der Waals surface area contributed by atoms with E-state index in [2.05, 4.69) is 23.8 Å². The number of hydrogen-bond donors (Lipinski definition) is 0. The van der Waals surface area contributed by atoms with Gasteiger partial charge in [-0.2, -0.15) is 5.26 Å². The summed E-state index contributed by atoms with van der Waals surface area (Å²) in [6.45, 7) is 2.13. The number of nitriles is 1. The molecule has 0 saturated heterocycles. The van der Waals surface area contributed by atoms with Gasteiger partial charge in [-0.1, -0.05) is 6.92 Å². The summed E-state index contributed by atoms with van der Waals surface area (Å²) in [4.78, 5) is 0. The number of nitrogens with zero attached hydrogens (tertiary/aromatic N) is 2. The van der Waals surface area contributed by atoms with Gasteiger partial charge in [0.1, 0.15) is 0 Å². The van der Waals surface area contributed by atoms with Crippen molar-refractivity contribution in [3.8, 4) is 6.07 Å². The zero-order valence-corrected chi connectivity index (χ0v) is 8.41. The van der Waals surface area contributed by atoms with Crippen LogP contribution in [0.4, 0.5) is 0 Å². The van der Waals surface area contributed by atoms with Crippen LogP contribution in [-0.2, 0) is 13.5 Å². The Balaban J connectivity index is 2.79. The number of aryl methyl sites for hydroxylation is 2. The summed E-state index contributed by atoms with van der Waals surface area (Å²) < 4.78 is 2.11. The van der Waals surface area contributed by atoms with E-state index in [1.807, 2.05) is 25.2 Å². The summed E-state index contributed by atoms with van der Waals surface area (Å²) in [7, 11) is 2.04. The van der Waals surface area contributed by atoms with Gasteiger partial charge in [-0.15, -0.1) is 0 Å². The molecule has 1 aromatic heterocycles. The lowest BCUT2D eigenvalue weighted by molar-refractivity contribution is 0.954. The van der Waals surface area contributed by atoms with Gasteiger partial charge < -0.3 is 4.57 Å². The zero-order chi connectivity index (χ0) is 10.1. The molecule has 2 rings (SSSR count). The second kappa shape index (κ2) is 3.19. The van der Waals surface area contributed by atoms with Crippen molar-refractivity contribution < 1.29 is 0 Å². The van der Waals surface area contributed by atoms with Crippen LogP contribution in [0.3, 0.4) is 0 Å². The van der Waals surface area contributed by atoms with Crippen molar-refractivity contribution in [1.29, 1.82) is 5.26 Å². The van der Waals surface area contributed by atoms with E-state index in [-0.39, 0.29) is 0 Å². The summed E-state index contributed by atoms with van der Waals surface area (Å²) in [6, 6.07) is 8.01. The summed E-state index contributed by atoms with van der Waals surface area (Å²) in [6.07, 6.45) is 3.14. The average molecular weight is 184 g/mol. The average Bonchev–Trinajstić information content (AvgIpc) is 2.55. The van der Waals surface area contributed by atoms with Crippen LogP contribution in [-0.4, -0.2) is 4.57 Å². The first-order valence-corrected chi connectivity index (χ1v) is 4.74. The lowest BCUT2D eigenvalue weighted by Gasteiger charge is -1.95. The van der Waals surface area contributed by atoms with Crippen LogP contribution >= 0.6 is 0 Å². The van der Waals surface area contributed by atoms with Crippen molar-refractivity contribution in [2.45, 2.75) is 13.3 Å². The van der Waals surface area contributed by atoms with Crippen molar-refractivity contribution in [2.24, 2.45) is 7.05 Å².